The molecule has 0 bridgehead atoms. The second-order valence-electron chi connectivity index (χ2n) is 6.02. The molecule has 0 aliphatic carbocycles. The van der Waals surface area contributed by atoms with Crippen molar-refractivity contribution in [2.24, 2.45) is 0 Å². The summed E-state index contributed by atoms with van der Waals surface area (Å²) in [6, 6.07) is 17.8. The summed E-state index contributed by atoms with van der Waals surface area (Å²) in [7, 11) is 3.95. The molecule has 3 aromatic rings. The largest absolute Gasteiger partial charge is 0.378 e. The van der Waals surface area contributed by atoms with Gasteiger partial charge >= 0.3 is 0 Å². The summed E-state index contributed by atoms with van der Waals surface area (Å²) >= 11 is 1.63. The molecule has 0 saturated heterocycles. The Balaban J connectivity index is 1.55. The predicted octanol–water partition coefficient (Wildman–Crippen LogP) is 3.73. The number of rotatable bonds is 6. The van der Waals surface area contributed by atoms with Gasteiger partial charge in [-0.3, -0.25) is 4.79 Å². The van der Waals surface area contributed by atoms with E-state index in [1.807, 2.05) is 66.8 Å². The number of carbonyl (C=O) groups is 1. The van der Waals surface area contributed by atoms with Crippen molar-refractivity contribution in [3.05, 3.63) is 81.8 Å². The number of anilines is 1. The Morgan fingerprint density at radius 1 is 1.08 bits per heavy atom. The van der Waals surface area contributed by atoms with E-state index in [9.17, 15) is 4.79 Å². The first-order valence-corrected chi connectivity index (χ1v) is 9.02. The zero-order valence-corrected chi connectivity index (χ0v) is 15.2. The van der Waals surface area contributed by atoms with Crippen molar-refractivity contribution in [2.75, 3.05) is 19.0 Å². The monoisotopic (exact) mass is 351 g/mol. The van der Waals surface area contributed by atoms with Crippen LogP contribution in [-0.2, 0) is 13.0 Å². The van der Waals surface area contributed by atoms with E-state index >= 15 is 0 Å². The molecule has 0 aliphatic rings. The Kier molecular flexibility index (Phi) is 5.46. The van der Waals surface area contributed by atoms with Gasteiger partial charge in [0, 0.05) is 37.1 Å². The number of aromatic nitrogens is 1. The molecule has 5 heteroatoms. The number of hydrogen-bond acceptors (Lipinski definition) is 4. The lowest BCUT2D eigenvalue weighted by Gasteiger charge is -2.12. The minimum absolute atomic E-state index is 0.0806. The van der Waals surface area contributed by atoms with Crippen LogP contribution in [0.2, 0.25) is 0 Å². The summed E-state index contributed by atoms with van der Waals surface area (Å²) in [5.74, 6) is -0.0806. The fraction of sp³-hybridized carbons (Fsp3) is 0.200. The van der Waals surface area contributed by atoms with Crippen LogP contribution < -0.4 is 10.2 Å². The standard InChI is InChI=1S/C20H21N3OS/c1-23(2)18-10-8-16(9-11-18)20(24)21-13-17-14-25-19(22-17)12-15-6-4-3-5-7-15/h3-11,14H,12-13H2,1-2H3,(H,21,24). The van der Waals surface area contributed by atoms with Crippen molar-refractivity contribution < 1.29 is 4.79 Å². The summed E-state index contributed by atoms with van der Waals surface area (Å²) in [5.41, 5.74) is 3.87. The van der Waals surface area contributed by atoms with Crippen LogP contribution in [0.15, 0.2) is 60.0 Å². The van der Waals surface area contributed by atoms with Crippen LogP contribution in [0.4, 0.5) is 5.69 Å². The molecule has 0 radical (unpaired) electrons. The third-order valence-corrected chi connectivity index (χ3v) is 4.77. The molecule has 0 spiro atoms. The van der Waals surface area contributed by atoms with E-state index < -0.39 is 0 Å². The minimum Gasteiger partial charge on any atom is -0.378 e. The molecule has 2 aromatic carbocycles. The average molecular weight is 351 g/mol. The number of nitrogens with zero attached hydrogens (tertiary/aromatic N) is 2. The van der Waals surface area contributed by atoms with Gasteiger partial charge in [0.15, 0.2) is 0 Å². The number of thiazole rings is 1. The lowest BCUT2D eigenvalue weighted by molar-refractivity contribution is 0.0950. The predicted molar refractivity (Wildman–Crippen MR) is 103 cm³/mol. The highest BCUT2D eigenvalue weighted by atomic mass is 32.1. The van der Waals surface area contributed by atoms with Crippen molar-refractivity contribution in [3.8, 4) is 0 Å². The normalized spacial score (nSPS) is 10.5. The Bertz CT molecular complexity index is 826. The van der Waals surface area contributed by atoms with E-state index in [-0.39, 0.29) is 5.91 Å². The maximum atomic E-state index is 12.2. The van der Waals surface area contributed by atoms with Crippen LogP contribution in [0.1, 0.15) is 26.6 Å². The Labute approximate surface area is 152 Å². The highest BCUT2D eigenvalue weighted by Gasteiger charge is 2.08. The van der Waals surface area contributed by atoms with Crippen molar-refractivity contribution in [1.82, 2.24) is 10.3 Å². The van der Waals surface area contributed by atoms with Crippen molar-refractivity contribution >= 4 is 22.9 Å². The number of nitrogens with one attached hydrogen (secondary N) is 1. The van der Waals surface area contributed by atoms with E-state index in [0.717, 1.165) is 22.8 Å². The molecule has 1 aromatic heterocycles. The van der Waals surface area contributed by atoms with Crippen LogP contribution in [0.5, 0.6) is 0 Å². The zero-order chi connectivity index (χ0) is 17.6. The summed E-state index contributed by atoms with van der Waals surface area (Å²) in [6.45, 7) is 0.444. The molecule has 4 nitrogen and oxygen atoms in total. The summed E-state index contributed by atoms with van der Waals surface area (Å²) < 4.78 is 0. The van der Waals surface area contributed by atoms with Crippen molar-refractivity contribution in [2.45, 2.75) is 13.0 Å². The van der Waals surface area contributed by atoms with Gasteiger partial charge in [-0.25, -0.2) is 4.98 Å². The summed E-state index contributed by atoms with van der Waals surface area (Å²) in [6.07, 6.45) is 0.825. The third kappa shape index (κ3) is 4.67. The van der Waals surface area contributed by atoms with Gasteiger partial charge in [-0.15, -0.1) is 11.3 Å². The Morgan fingerprint density at radius 3 is 2.48 bits per heavy atom. The molecule has 1 heterocycles. The molecule has 0 saturated carbocycles. The quantitative estimate of drug-likeness (QED) is 0.736. The molecule has 1 amide bonds. The third-order valence-electron chi connectivity index (χ3n) is 3.87. The summed E-state index contributed by atoms with van der Waals surface area (Å²) in [5, 5.41) is 6.00. The average Bonchev–Trinajstić information content (AvgIpc) is 3.08. The zero-order valence-electron chi connectivity index (χ0n) is 14.4. The van der Waals surface area contributed by atoms with Gasteiger partial charge in [0.2, 0.25) is 0 Å². The maximum Gasteiger partial charge on any atom is 0.251 e. The van der Waals surface area contributed by atoms with Crippen LogP contribution >= 0.6 is 11.3 Å². The molecule has 1 N–H and O–H groups in total. The van der Waals surface area contributed by atoms with Gasteiger partial charge in [0.05, 0.1) is 17.2 Å². The minimum atomic E-state index is -0.0806. The van der Waals surface area contributed by atoms with Gasteiger partial charge in [0.1, 0.15) is 0 Å². The smallest absolute Gasteiger partial charge is 0.251 e. The Hall–Kier alpha value is -2.66. The fourth-order valence-corrected chi connectivity index (χ4v) is 3.29. The summed E-state index contributed by atoms with van der Waals surface area (Å²) in [4.78, 5) is 18.9. The topological polar surface area (TPSA) is 45.2 Å². The van der Waals surface area contributed by atoms with Crippen LogP contribution in [-0.4, -0.2) is 25.0 Å². The first-order chi connectivity index (χ1) is 12.1. The first kappa shape index (κ1) is 17.2. The molecule has 128 valence electrons. The van der Waals surface area contributed by atoms with E-state index in [2.05, 4.69) is 22.4 Å². The maximum absolute atomic E-state index is 12.2. The highest BCUT2D eigenvalue weighted by molar-refractivity contribution is 7.09. The van der Waals surface area contributed by atoms with Crippen molar-refractivity contribution in [1.29, 1.82) is 0 Å². The SMILES string of the molecule is CN(C)c1ccc(C(=O)NCc2csc(Cc3ccccc3)n2)cc1. The number of hydrogen-bond donors (Lipinski definition) is 1. The first-order valence-electron chi connectivity index (χ1n) is 8.14. The van der Waals surface area contributed by atoms with Gasteiger partial charge in [-0.1, -0.05) is 30.3 Å². The molecular weight excluding hydrogens is 330 g/mol. The fourth-order valence-electron chi connectivity index (χ4n) is 2.47. The van der Waals surface area contributed by atoms with E-state index in [0.29, 0.717) is 12.1 Å². The van der Waals surface area contributed by atoms with E-state index in [4.69, 9.17) is 0 Å². The van der Waals surface area contributed by atoms with Crippen LogP contribution in [0.3, 0.4) is 0 Å². The lowest BCUT2D eigenvalue weighted by atomic mass is 10.2. The van der Waals surface area contributed by atoms with Gasteiger partial charge in [-0.05, 0) is 29.8 Å². The van der Waals surface area contributed by atoms with Gasteiger partial charge in [0.25, 0.3) is 5.91 Å². The molecule has 0 aliphatic heterocycles. The van der Waals surface area contributed by atoms with Crippen LogP contribution in [0, 0.1) is 0 Å². The number of carbonyl (C=O) groups excluding carboxylic acids is 1. The van der Waals surface area contributed by atoms with Gasteiger partial charge < -0.3 is 10.2 Å². The number of benzene rings is 2. The van der Waals surface area contributed by atoms with E-state index in [1.54, 1.807) is 11.3 Å². The second kappa shape index (κ2) is 7.94. The number of amides is 1. The van der Waals surface area contributed by atoms with Crippen molar-refractivity contribution in [3.63, 3.8) is 0 Å². The van der Waals surface area contributed by atoms with E-state index in [1.165, 1.54) is 5.56 Å². The molecule has 25 heavy (non-hydrogen) atoms. The second-order valence-corrected chi connectivity index (χ2v) is 6.96. The lowest BCUT2D eigenvalue weighted by Crippen LogP contribution is -2.23. The molecule has 0 atom stereocenters. The molecule has 0 unspecified atom stereocenters. The molecule has 3 rings (SSSR count). The molecular formula is C20H21N3OS. The Morgan fingerprint density at radius 2 is 1.80 bits per heavy atom. The molecule has 0 fully saturated rings. The highest BCUT2D eigenvalue weighted by Crippen LogP contribution is 2.15. The van der Waals surface area contributed by atoms with Crippen LogP contribution in [0.25, 0.3) is 0 Å². The van der Waals surface area contributed by atoms with Gasteiger partial charge in [-0.2, -0.15) is 0 Å².